The highest BCUT2D eigenvalue weighted by molar-refractivity contribution is 5.21. The number of hydrogen-bond acceptors (Lipinski definition) is 3. The Morgan fingerprint density at radius 2 is 2.17 bits per heavy atom. The van der Waals surface area contributed by atoms with Gasteiger partial charge in [0.2, 0.25) is 0 Å². The number of aromatic nitrogens is 2. The van der Waals surface area contributed by atoms with Crippen molar-refractivity contribution in [2.45, 2.75) is 83.8 Å². The van der Waals surface area contributed by atoms with Crippen molar-refractivity contribution in [1.82, 2.24) is 20.4 Å². The molecule has 0 spiro atoms. The molecule has 2 N–H and O–H groups in total. The smallest absolute Gasteiger partial charge is 0.0695 e. The largest absolute Gasteiger partial charge is 0.311 e. The van der Waals surface area contributed by atoms with Crippen molar-refractivity contribution < 1.29 is 0 Å². The highest BCUT2D eigenvalue weighted by Crippen LogP contribution is 2.43. The summed E-state index contributed by atoms with van der Waals surface area (Å²) >= 11 is 0. The molecule has 2 heterocycles. The molecule has 1 saturated heterocycles. The molecule has 4 nitrogen and oxygen atoms in total. The van der Waals surface area contributed by atoms with Gasteiger partial charge in [-0.3, -0.25) is 4.68 Å². The van der Waals surface area contributed by atoms with Crippen LogP contribution in [0, 0.1) is 5.92 Å². The molecule has 1 saturated carbocycles. The SMILES string of the molecule is CC(C)c1nn(C(C)(C)C)cc1CNC[C@]12CC[C@H]1CCCN2. The molecule has 1 aliphatic carbocycles. The summed E-state index contributed by atoms with van der Waals surface area (Å²) in [7, 11) is 0. The number of rotatable bonds is 5. The molecule has 1 aromatic rings. The third-order valence-electron chi connectivity index (χ3n) is 5.74. The van der Waals surface area contributed by atoms with Crippen molar-refractivity contribution in [2.75, 3.05) is 13.1 Å². The van der Waals surface area contributed by atoms with Crippen LogP contribution in [0.1, 0.15) is 77.5 Å². The van der Waals surface area contributed by atoms with Gasteiger partial charge in [-0.25, -0.2) is 0 Å². The lowest BCUT2D eigenvalue weighted by Crippen LogP contribution is -2.65. The molecule has 2 fully saturated rings. The normalized spacial score (nSPS) is 27.8. The first-order valence-corrected chi connectivity index (χ1v) is 9.36. The lowest BCUT2D eigenvalue weighted by Gasteiger charge is -2.53. The highest BCUT2D eigenvalue weighted by Gasteiger charge is 2.47. The molecule has 4 heteroatoms. The molecule has 0 bridgehead atoms. The van der Waals surface area contributed by atoms with Crippen LogP contribution in [0.2, 0.25) is 0 Å². The minimum absolute atomic E-state index is 0.0462. The molecule has 1 aromatic heterocycles. The van der Waals surface area contributed by atoms with Crippen molar-refractivity contribution in [3.8, 4) is 0 Å². The van der Waals surface area contributed by atoms with Gasteiger partial charge in [0.05, 0.1) is 11.2 Å². The standard InChI is InChI=1S/C19H34N4/c1-14(2)17-15(12-23(22-17)18(3,4)5)11-20-13-19-9-8-16(19)7-6-10-21-19/h12,14,16,20-21H,6-11,13H2,1-5H3/t16-,19-/m1/s1. The van der Waals surface area contributed by atoms with Crippen molar-refractivity contribution >= 4 is 0 Å². The van der Waals surface area contributed by atoms with Crippen LogP contribution < -0.4 is 10.6 Å². The maximum Gasteiger partial charge on any atom is 0.0695 e. The van der Waals surface area contributed by atoms with Gasteiger partial charge in [-0.1, -0.05) is 13.8 Å². The Morgan fingerprint density at radius 3 is 2.74 bits per heavy atom. The Kier molecular flexibility index (Phi) is 4.58. The molecule has 1 aliphatic heterocycles. The van der Waals surface area contributed by atoms with Gasteiger partial charge in [-0.2, -0.15) is 5.10 Å². The molecule has 0 radical (unpaired) electrons. The monoisotopic (exact) mass is 318 g/mol. The van der Waals surface area contributed by atoms with Gasteiger partial charge in [-0.15, -0.1) is 0 Å². The lowest BCUT2D eigenvalue weighted by atomic mass is 9.63. The maximum absolute atomic E-state index is 4.85. The number of piperidine rings is 1. The fraction of sp³-hybridized carbons (Fsp3) is 0.842. The molecular formula is C19H34N4. The third-order valence-corrected chi connectivity index (χ3v) is 5.74. The van der Waals surface area contributed by atoms with Crippen LogP contribution >= 0.6 is 0 Å². The quantitative estimate of drug-likeness (QED) is 0.874. The minimum atomic E-state index is 0.0462. The zero-order valence-electron chi connectivity index (χ0n) is 15.6. The summed E-state index contributed by atoms with van der Waals surface area (Å²) in [5.74, 6) is 1.36. The Bertz CT molecular complexity index is 540. The Morgan fingerprint density at radius 1 is 1.39 bits per heavy atom. The first kappa shape index (κ1) is 17.0. The Hall–Kier alpha value is -0.870. The van der Waals surface area contributed by atoms with E-state index in [0.717, 1.165) is 19.0 Å². The van der Waals surface area contributed by atoms with Gasteiger partial charge in [0.15, 0.2) is 0 Å². The van der Waals surface area contributed by atoms with E-state index in [0.29, 0.717) is 11.5 Å². The molecule has 23 heavy (non-hydrogen) atoms. The molecular weight excluding hydrogens is 284 g/mol. The van der Waals surface area contributed by atoms with E-state index in [1.165, 1.54) is 43.5 Å². The Labute approximate surface area is 141 Å². The van der Waals surface area contributed by atoms with Crippen LogP contribution in [0.5, 0.6) is 0 Å². The van der Waals surface area contributed by atoms with Gasteiger partial charge in [0.25, 0.3) is 0 Å². The van der Waals surface area contributed by atoms with E-state index in [9.17, 15) is 0 Å². The van der Waals surface area contributed by atoms with Gasteiger partial charge in [0, 0.05) is 30.4 Å². The van der Waals surface area contributed by atoms with Crippen LogP contribution in [-0.4, -0.2) is 28.4 Å². The molecule has 130 valence electrons. The van der Waals surface area contributed by atoms with E-state index in [2.05, 4.69) is 56.1 Å². The molecule has 0 unspecified atom stereocenters. The first-order chi connectivity index (χ1) is 10.8. The van der Waals surface area contributed by atoms with E-state index in [1.807, 2.05) is 0 Å². The summed E-state index contributed by atoms with van der Waals surface area (Å²) in [6.45, 7) is 14.3. The van der Waals surface area contributed by atoms with Crippen LogP contribution in [0.4, 0.5) is 0 Å². The van der Waals surface area contributed by atoms with Crippen molar-refractivity contribution in [3.63, 3.8) is 0 Å². The van der Waals surface area contributed by atoms with Crippen LogP contribution in [-0.2, 0) is 12.1 Å². The van der Waals surface area contributed by atoms with E-state index in [4.69, 9.17) is 5.10 Å². The molecule has 2 atom stereocenters. The number of hydrogen-bond donors (Lipinski definition) is 2. The van der Waals surface area contributed by atoms with Crippen molar-refractivity contribution in [2.24, 2.45) is 5.92 Å². The van der Waals surface area contributed by atoms with Crippen LogP contribution in [0.3, 0.4) is 0 Å². The maximum atomic E-state index is 4.85. The average molecular weight is 319 g/mol. The zero-order chi connectivity index (χ0) is 16.7. The first-order valence-electron chi connectivity index (χ1n) is 9.36. The van der Waals surface area contributed by atoms with E-state index < -0.39 is 0 Å². The predicted octanol–water partition coefficient (Wildman–Crippen LogP) is 3.38. The predicted molar refractivity (Wildman–Crippen MR) is 95.7 cm³/mol. The number of nitrogens with one attached hydrogen (secondary N) is 2. The number of nitrogens with zero attached hydrogens (tertiary/aromatic N) is 2. The topological polar surface area (TPSA) is 41.9 Å². The van der Waals surface area contributed by atoms with E-state index in [1.54, 1.807) is 0 Å². The average Bonchev–Trinajstić information content (AvgIpc) is 2.87. The third kappa shape index (κ3) is 3.34. The molecule has 0 amide bonds. The second-order valence-electron chi connectivity index (χ2n) is 8.87. The van der Waals surface area contributed by atoms with Gasteiger partial charge in [0.1, 0.15) is 0 Å². The summed E-state index contributed by atoms with van der Waals surface area (Å²) < 4.78 is 2.13. The fourth-order valence-electron chi connectivity index (χ4n) is 4.14. The second kappa shape index (κ2) is 6.21. The molecule has 0 aromatic carbocycles. The van der Waals surface area contributed by atoms with Crippen molar-refractivity contribution in [1.29, 1.82) is 0 Å². The van der Waals surface area contributed by atoms with Gasteiger partial charge >= 0.3 is 0 Å². The summed E-state index contributed by atoms with van der Waals surface area (Å²) in [6.07, 6.45) is 7.75. The van der Waals surface area contributed by atoms with E-state index in [-0.39, 0.29) is 5.54 Å². The molecule has 2 aliphatic rings. The lowest BCUT2D eigenvalue weighted by molar-refractivity contribution is 0.0466. The second-order valence-corrected chi connectivity index (χ2v) is 8.87. The minimum Gasteiger partial charge on any atom is -0.311 e. The summed E-state index contributed by atoms with van der Waals surface area (Å²) in [5, 5.41) is 12.4. The Balaban J connectivity index is 1.65. The van der Waals surface area contributed by atoms with Gasteiger partial charge < -0.3 is 10.6 Å². The zero-order valence-corrected chi connectivity index (χ0v) is 15.6. The highest BCUT2D eigenvalue weighted by atomic mass is 15.3. The molecule has 3 rings (SSSR count). The summed E-state index contributed by atoms with van der Waals surface area (Å²) in [4.78, 5) is 0. The van der Waals surface area contributed by atoms with E-state index >= 15 is 0 Å². The summed E-state index contributed by atoms with van der Waals surface area (Å²) in [6, 6.07) is 0. The number of fused-ring (bicyclic) bond motifs is 1. The summed E-state index contributed by atoms with van der Waals surface area (Å²) in [5.41, 5.74) is 3.03. The van der Waals surface area contributed by atoms with Crippen LogP contribution in [0.15, 0.2) is 6.20 Å². The van der Waals surface area contributed by atoms with Crippen molar-refractivity contribution in [3.05, 3.63) is 17.5 Å². The van der Waals surface area contributed by atoms with Gasteiger partial charge in [-0.05, 0) is 64.8 Å². The van der Waals surface area contributed by atoms with Crippen LogP contribution in [0.25, 0.3) is 0 Å². The fourth-order valence-corrected chi connectivity index (χ4v) is 4.14.